The first-order valence-corrected chi connectivity index (χ1v) is 14.8. The summed E-state index contributed by atoms with van der Waals surface area (Å²) in [6.45, 7) is 7.35. The van der Waals surface area contributed by atoms with Crippen LogP contribution in [0.25, 0.3) is 10.4 Å². The minimum absolute atomic E-state index is 0.00794. The van der Waals surface area contributed by atoms with Crippen LogP contribution >= 0.6 is 11.3 Å². The average Bonchev–Trinajstić information content (AvgIpc) is 3.38. The van der Waals surface area contributed by atoms with Crippen molar-refractivity contribution in [1.29, 1.82) is 0 Å². The van der Waals surface area contributed by atoms with E-state index in [2.05, 4.69) is 34.0 Å². The van der Waals surface area contributed by atoms with Crippen LogP contribution in [0.2, 0.25) is 0 Å². The van der Waals surface area contributed by atoms with Crippen LogP contribution in [-0.4, -0.2) is 42.1 Å². The van der Waals surface area contributed by atoms with E-state index in [1.54, 1.807) is 60.7 Å². The number of nitrogens with zero attached hydrogens (tertiary/aromatic N) is 3. The molecule has 0 bridgehead atoms. The van der Waals surface area contributed by atoms with Crippen molar-refractivity contribution in [3.8, 4) is 27.8 Å². The van der Waals surface area contributed by atoms with Crippen molar-refractivity contribution in [2.45, 2.75) is 46.0 Å². The van der Waals surface area contributed by atoms with Gasteiger partial charge in [-0.3, -0.25) is 0 Å². The number of ether oxygens (including phenoxy) is 2. The molecule has 0 radical (unpaired) electrons. The molecule has 1 N–H and O–H groups in total. The lowest BCUT2D eigenvalue weighted by Gasteiger charge is -2.28. The van der Waals surface area contributed by atoms with Crippen LogP contribution in [0, 0.1) is 5.41 Å². The lowest BCUT2D eigenvalue weighted by Crippen LogP contribution is -2.33. The zero-order valence-corrected chi connectivity index (χ0v) is 25.7. The SMILES string of the molecule is CCCC(F)c1ccccc1Oc1ncccc1Nc1nc(C(F)(F)F)c(-c2ccc(OCC(C)(C)CN(C)C)cc2)s1. The Morgan fingerprint density at radius 3 is 2.40 bits per heavy atom. The molecule has 4 rings (SSSR count). The first kappa shape index (κ1) is 32.2. The largest absolute Gasteiger partial charge is 0.493 e. The molecule has 4 aromatic rings. The zero-order chi connectivity index (χ0) is 31.2. The van der Waals surface area contributed by atoms with Gasteiger partial charge in [0, 0.05) is 23.7 Å². The third-order valence-electron chi connectivity index (χ3n) is 6.40. The minimum Gasteiger partial charge on any atom is -0.493 e. The molecule has 11 heteroatoms. The maximum Gasteiger partial charge on any atom is 0.434 e. The average molecular weight is 617 g/mol. The van der Waals surface area contributed by atoms with Gasteiger partial charge in [-0.25, -0.2) is 14.4 Å². The third kappa shape index (κ3) is 8.67. The van der Waals surface area contributed by atoms with Crippen molar-refractivity contribution in [2.75, 3.05) is 32.6 Å². The second-order valence-corrected chi connectivity index (χ2v) is 12.3. The number of aromatic nitrogens is 2. The Hall–Kier alpha value is -3.70. The molecular weight excluding hydrogens is 580 g/mol. The molecule has 0 fully saturated rings. The summed E-state index contributed by atoms with van der Waals surface area (Å²) < 4.78 is 69.0. The molecule has 0 amide bonds. The molecule has 1 atom stereocenters. The Bertz CT molecular complexity index is 1490. The summed E-state index contributed by atoms with van der Waals surface area (Å²) >= 11 is 0.862. The molecule has 0 spiro atoms. The number of pyridine rings is 1. The highest BCUT2D eigenvalue weighted by Crippen LogP contribution is 2.44. The maximum absolute atomic E-state index is 14.8. The summed E-state index contributed by atoms with van der Waals surface area (Å²) in [4.78, 5) is 10.2. The van der Waals surface area contributed by atoms with E-state index in [4.69, 9.17) is 9.47 Å². The highest BCUT2D eigenvalue weighted by atomic mass is 32.1. The van der Waals surface area contributed by atoms with Crippen molar-refractivity contribution >= 4 is 22.2 Å². The van der Waals surface area contributed by atoms with Crippen LogP contribution in [0.1, 0.15) is 51.0 Å². The van der Waals surface area contributed by atoms with Crippen molar-refractivity contribution in [3.63, 3.8) is 0 Å². The molecule has 0 aliphatic carbocycles. The molecule has 2 heterocycles. The van der Waals surface area contributed by atoms with E-state index < -0.39 is 18.0 Å². The molecule has 1 unspecified atom stereocenters. The summed E-state index contributed by atoms with van der Waals surface area (Å²) in [6.07, 6.45) is -3.43. The van der Waals surface area contributed by atoms with E-state index >= 15 is 0 Å². The number of anilines is 2. The van der Waals surface area contributed by atoms with Crippen molar-refractivity contribution in [1.82, 2.24) is 14.9 Å². The van der Waals surface area contributed by atoms with Crippen molar-refractivity contribution < 1.29 is 27.0 Å². The van der Waals surface area contributed by atoms with Gasteiger partial charge < -0.3 is 19.7 Å². The molecular formula is C32H36F4N4O2S. The number of hydrogen-bond donors (Lipinski definition) is 1. The standard InChI is InChI=1S/C32H36F4N4O2S/c1-6-10-24(33)23-11-7-8-13-26(23)42-29-25(12-9-18-37-29)38-30-39-28(32(34,35)36)27(43-30)21-14-16-22(17-15-21)41-20-31(2,3)19-40(4)5/h7-9,11-18,24H,6,10,19-20H2,1-5H3,(H,38,39). The minimum atomic E-state index is -4.68. The Balaban J connectivity index is 1.57. The number of rotatable bonds is 13. The molecule has 0 saturated heterocycles. The lowest BCUT2D eigenvalue weighted by molar-refractivity contribution is -0.140. The number of thiazole rings is 1. The van der Waals surface area contributed by atoms with Crippen LogP contribution in [-0.2, 0) is 6.18 Å². The van der Waals surface area contributed by atoms with Gasteiger partial charge in [-0.15, -0.1) is 0 Å². The predicted octanol–water partition coefficient (Wildman–Crippen LogP) is 9.54. The van der Waals surface area contributed by atoms with Crippen LogP contribution in [0.5, 0.6) is 17.4 Å². The van der Waals surface area contributed by atoms with Gasteiger partial charge in [0.2, 0.25) is 5.88 Å². The lowest BCUT2D eigenvalue weighted by atomic mass is 9.94. The fourth-order valence-corrected chi connectivity index (χ4v) is 5.68. The van der Waals surface area contributed by atoms with E-state index in [0.29, 0.717) is 42.0 Å². The number of nitrogens with one attached hydrogen (secondary N) is 1. The van der Waals surface area contributed by atoms with Crippen molar-refractivity contribution in [2.24, 2.45) is 5.41 Å². The van der Waals surface area contributed by atoms with E-state index in [9.17, 15) is 17.6 Å². The van der Waals surface area contributed by atoms with Gasteiger partial charge in [-0.1, -0.05) is 56.7 Å². The predicted molar refractivity (Wildman–Crippen MR) is 163 cm³/mol. The van der Waals surface area contributed by atoms with Crippen LogP contribution in [0.15, 0.2) is 66.9 Å². The Labute approximate surface area is 253 Å². The maximum atomic E-state index is 14.8. The summed E-state index contributed by atoms with van der Waals surface area (Å²) in [5.74, 6) is 0.940. The number of para-hydroxylation sites is 1. The highest BCUT2D eigenvalue weighted by molar-refractivity contribution is 7.19. The normalized spacial score (nSPS) is 12.8. The molecule has 0 saturated carbocycles. The van der Waals surface area contributed by atoms with E-state index in [1.807, 2.05) is 21.0 Å². The topological polar surface area (TPSA) is 59.5 Å². The van der Waals surface area contributed by atoms with E-state index in [1.165, 1.54) is 6.20 Å². The number of halogens is 4. The zero-order valence-electron chi connectivity index (χ0n) is 24.8. The van der Waals surface area contributed by atoms with Gasteiger partial charge in [0.15, 0.2) is 10.8 Å². The molecule has 2 aromatic heterocycles. The van der Waals surface area contributed by atoms with Gasteiger partial charge in [0.25, 0.3) is 0 Å². The van der Waals surface area contributed by atoms with E-state index in [0.717, 1.165) is 17.9 Å². The Morgan fingerprint density at radius 2 is 1.72 bits per heavy atom. The fourth-order valence-electron chi connectivity index (χ4n) is 4.67. The first-order valence-electron chi connectivity index (χ1n) is 13.9. The van der Waals surface area contributed by atoms with E-state index in [-0.39, 0.29) is 27.1 Å². The molecule has 0 aliphatic heterocycles. The van der Waals surface area contributed by atoms with Crippen LogP contribution in [0.4, 0.5) is 28.4 Å². The van der Waals surface area contributed by atoms with Gasteiger partial charge in [-0.2, -0.15) is 13.2 Å². The Kier molecular flexibility index (Phi) is 10.3. The van der Waals surface area contributed by atoms with Crippen LogP contribution in [0.3, 0.4) is 0 Å². The number of alkyl halides is 4. The van der Waals surface area contributed by atoms with Gasteiger partial charge >= 0.3 is 6.18 Å². The monoisotopic (exact) mass is 616 g/mol. The summed E-state index contributed by atoms with van der Waals surface area (Å²) in [7, 11) is 3.98. The summed E-state index contributed by atoms with van der Waals surface area (Å²) in [6, 6.07) is 16.5. The van der Waals surface area contributed by atoms with Gasteiger partial charge in [0.1, 0.15) is 23.4 Å². The number of hydrogen-bond acceptors (Lipinski definition) is 7. The highest BCUT2D eigenvalue weighted by Gasteiger charge is 2.38. The van der Waals surface area contributed by atoms with Gasteiger partial charge in [0.05, 0.1) is 11.5 Å². The summed E-state index contributed by atoms with van der Waals surface area (Å²) in [5.41, 5.74) is -0.0763. The van der Waals surface area contributed by atoms with Crippen molar-refractivity contribution in [3.05, 3.63) is 78.1 Å². The molecule has 43 heavy (non-hydrogen) atoms. The second kappa shape index (κ2) is 13.7. The Morgan fingerprint density at radius 1 is 1.00 bits per heavy atom. The smallest absolute Gasteiger partial charge is 0.434 e. The molecule has 6 nitrogen and oxygen atoms in total. The quantitative estimate of drug-likeness (QED) is 0.151. The number of benzene rings is 2. The fraction of sp³-hybridized carbons (Fsp3) is 0.375. The molecule has 2 aromatic carbocycles. The van der Waals surface area contributed by atoms with Crippen LogP contribution < -0.4 is 14.8 Å². The summed E-state index contributed by atoms with van der Waals surface area (Å²) in [5, 5.41) is 2.94. The third-order valence-corrected chi connectivity index (χ3v) is 7.42. The second-order valence-electron chi connectivity index (χ2n) is 11.3. The molecule has 230 valence electrons. The van der Waals surface area contributed by atoms with Gasteiger partial charge in [-0.05, 0) is 68.5 Å². The molecule has 0 aliphatic rings. The first-order chi connectivity index (χ1) is 20.4.